The number of carbonyl (C=O) groups is 1. The molecular formula is C22H29ClN2O5S. The molecule has 0 fully saturated rings. The van der Waals surface area contributed by atoms with Gasteiger partial charge in [-0.1, -0.05) is 29.3 Å². The molecule has 0 aliphatic carbocycles. The summed E-state index contributed by atoms with van der Waals surface area (Å²) < 4.78 is 36.7. The summed E-state index contributed by atoms with van der Waals surface area (Å²) in [6.45, 7) is 4.84. The second-order valence-electron chi connectivity index (χ2n) is 7.22. The van der Waals surface area contributed by atoms with Crippen molar-refractivity contribution in [2.24, 2.45) is 0 Å². The highest BCUT2D eigenvalue weighted by Crippen LogP contribution is 2.33. The lowest BCUT2D eigenvalue weighted by Crippen LogP contribution is -2.33. The fourth-order valence-corrected chi connectivity index (χ4v) is 4.23. The molecule has 0 saturated carbocycles. The third-order valence-corrected chi connectivity index (χ3v) is 6.00. The molecule has 0 saturated heterocycles. The van der Waals surface area contributed by atoms with Crippen molar-refractivity contribution in [2.45, 2.75) is 26.7 Å². The largest absolute Gasteiger partial charge is 0.495 e. The summed E-state index contributed by atoms with van der Waals surface area (Å²) in [7, 11) is -2.12. The second-order valence-corrected chi connectivity index (χ2v) is 9.57. The van der Waals surface area contributed by atoms with Gasteiger partial charge in [0.25, 0.3) is 0 Å². The Labute approximate surface area is 189 Å². The Morgan fingerprint density at radius 2 is 1.84 bits per heavy atom. The number of ether oxygens (including phenoxy) is 2. The third kappa shape index (κ3) is 7.63. The summed E-state index contributed by atoms with van der Waals surface area (Å²) in [6, 6.07) is 10.7. The minimum atomic E-state index is -3.58. The number of sulfonamides is 1. The van der Waals surface area contributed by atoms with Crippen LogP contribution in [0.3, 0.4) is 0 Å². The molecule has 7 nitrogen and oxygen atoms in total. The van der Waals surface area contributed by atoms with Crippen LogP contribution in [0.25, 0.3) is 0 Å². The molecule has 1 amide bonds. The molecule has 1 N–H and O–H groups in total. The summed E-state index contributed by atoms with van der Waals surface area (Å²) in [4.78, 5) is 12.1. The van der Waals surface area contributed by atoms with Crippen LogP contribution in [0.4, 0.5) is 5.69 Å². The molecule has 0 bridgehead atoms. The van der Waals surface area contributed by atoms with E-state index in [1.54, 1.807) is 12.1 Å². The minimum Gasteiger partial charge on any atom is -0.495 e. The normalized spacial score (nSPS) is 11.1. The van der Waals surface area contributed by atoms with Crippen molar-refractivity contribution < 1.29 is 22.7 Å². The van der Waals surface area contributed by atoms with Crippen molar-refractivity contribution >= 4 is 33.2 Å². The molecule has 170 valence electrons. The van der Waals surface area contributed by atoms with E-state index in [0.29, 0.717) is 36.0 Å². The molecule has 31 heavy (non-hydrogen) atoms. The van der Waals surface area contributed by atoms with Crippen molar-refractivity contribution in [1.29, 1.82) is 0 Å². The number of anilines is 1. The van der Waals surface area contributed by atoms with Crippen molar-refractivity contribution in [3.63, 3.8) is 0 Å². The monoisotopic (exact) mass is 468 g/mol. The van der Waals surface area contributed by atoms with E-state index >= 15 is 0 Å². The number of amides is 1. The average Bonchev–Trinajstić information content (AvgIpc) is 2.69. The standard InChI is InChI=1S/C22H29ClN2O5S/c1-16-7-9-20(17(2)14-16)30-13-11-24-22(26)6-5-12-25(31(4,27)28)19-15-18(23)8-10-21(19)29-3/h7-10,14-15H,5-6,11-13H2,1-4H3,(H,24,26). The summed E-state index contributed by atoms with van der Waals surface area (Å²) >= 11 is 6.03. The first-order chi connectivity index (χ1) is 14.6. The second kappa shape index (κ2) is 11.2. The number of aryl methyl sites for hydroxylation is 2. The Hall–Kier alpha value is -2.45. The van der Waals surface area contributed by atoms with Crippen LogP contribution in [0, 0.1) is 13.8 Å². The van der Waals surface area contributed by atoms with Gasteiger partial charge < -0.3 is 14.8 Å². The molecule has 0 aromatic heterocycles. The summed E-state index contributed by atoms with van der Waals surface area (Å²) in [6.07, 6.45) is 1.63. The topological polar surface area (TPSA) is 84.9 Å². The Morgan fingerprint density at radius 3 is 2.48 bits per heavy atom. The average molecular weight is 469 g/mol. The molecule has 0 spiro atoms. The highest BCUT2D eigenvalue weighted by Gasteiger charge is 2.21. The molecule has 0 aliphatic heterocycles. The lowest BCUT2D eigenvalue weighted by Gasteiger charge is -2.24. The number of methoxy groups -OCH3 is 1. The van der Waals surface area contributed by atoms with Crippen LogP contribution >= 0.6 is 11.6 Å². The summed E-state index contributed by atoms with van der Waals surface area (Å²) in [5.74, 6) is 1.01. The zero-order valence-electron chi connectivity index (χ0n) is 18.3. The van der Waals surface area contributed by atoms with Gasteiger partial charge in [0.2, 0.25) is 15.9 Å². The lowest BCUT2D eigenvalue weighted by atomic mass is 10.1. The van der Waals surface area contributed by atoms with Gasteiger partial charge in [0.1, 0.15) is 18.1 Å². The van der Waals surface area contributed by atoms with Crippen LogP contribution in [0.2, 0.25) is 5.02 Å². The highest BCUT2D eigenvalue weighted by molar-refractivity contribution is 7.92. The predicted molar refractivity (Wildman–Crippen MR) is 124 cm³/mol. The molecule has 9 heteroatoms. The third-order valence-electron chi connectivity index (χ3n) is 4.59. The number of hydrogen-bond acceptors (Lipinski definition) is 5. The fourth-order valence-electron chi connectivity index (χ4n) is 3.11. The number of benzene rings is 2. The predicted octanol–water partition coefficient (Wildman–Crippen LogP) is 3.71. The maximum absolute atomic E-state index is 12.3. The zero-order chi connectivity index (χ0) is 23.0. The molecule has 0 aliphatic rings. The number of halogens is 1. The molecule has 0 heterocycles. The maximum Gasteiger partial charge on any atom is 0.232 e. The number of carbonyl (C=O) groups excluding carboxylic acids is 1. The quantitative estimate of drug-likeness (QED) is 0.508. The Morgan fingerprint density at radius 1 is 1.13 bits per heavy atom. The van der Waals surface area contributed by atoms with Crippen molar-refractivity contribution in [3.05, 3.63) is 52.5 Å². The van der Waals surface area contributed by atoms with E-state index in [1.165, 1.54) is 17.5 Å². The van der Waals surface area contributed by atoms with Crippen molar-refractivity contribution in [3.8, 4) is 11.5 Å². The molecule has 2 rings (SSSR count). The van der Waals surface area contributed by atoms with E-state index in [0.717, 1.165) is 23.1 Å². The summed E-state index contributed by atoms with van der Waals surface area (Å²) in [5, 5.41) is 3.18. The van der Waals surface area contributed by atoms with E-state index in [4.69, 9.17) is 21.1 Å². The van der Waals surface area contributed by atoms with Gasteiger partial charge in [-0.25, -0.2) is 8.42 Å². The van der Waals surface area contributed by atoms with E-state index in [1.807, 2.05) is 32.0 Å². The van der Waals surface area contributed by atoms with Crippen LogP contribution in [0.1, 0.15) is 24.0 Å². The van der Waals surface area contributed by atoms with E-state index < -0.39 is 10.0 Å². The smallest absolute Gasteiger partial charge is 0.232 e. The first-order valence-electron chi connectivity index (χ1n) is 9.90. The molecule has 0 unspecified atom stereocenters. The van der Waals surface area contributed by atoms with Gasteiger partial charge in [-0.15, -0.1) is 0 Å². The molecule has 0 atom stereocenters. The van der Waals surface area contributed by atoms with Crippen molar-refractivity contribution in [2.75, 3.05) is 37.4 Å². The summed E-state index contributed by atoms with van der Waals surface area (Å²) in [5.41, 5.74) is 2.56. The number of nitrogens with zero attached hydrogens (tertiary/aromatic N) is 1. The van der Waals surface area contributed by atoms with Gasteiger partial charge in [0.15, 0.2) is 0 Å². The Balaban J connectivity index is 1.84. The van der Waals surface area contributed by atoms with Crippen LogP contribution in [0.15, 0.2) is 36.4 Å². The Bertz CT molecular complexity index is 1010. The number of rotatable bonds is 11. The molecule has 2 aromatic carbocycles. The molecule has 0 radical (unpaired) electrons. The van der Waals surface area contributed by atoms with E-state index in [9.17, 15) is 13.2 Å². The maximum atomic E-state index is 12.3. The van der Waals surface area contributed by atoms with Gasteiger partial charge in [-0.2, -0.15) is 0 Å². The fraction of sp³-hybridized carbons (Fsp3) is 0.409. The first-order valence-corrected chi connectivity index (χ1v) is 12.1. The number of nitrogens with one attached hydrogen (secondary N) is 1. The van der Waals surface area contributed by atoms with Crippen molar-refractivity contribution in [1.82, 2.24) is 5.32 Å². The van der Waals surface area contributed by atoms with Gasteiger partial charge in [-0.3, -0.25) is 9.10 Å². The van der Waals surface area contributed by atoms with Crippen LogP contribution in [-0.4, -0.2) is 47.4 Å². The van der Waals surface area contributed by atoms with Crippen LogP contribution in [-0.2, 0) is 14.8 Å². The SMILES string of the molecule is COc1ccc(Cl)cc1N(CCCC(=O)NCCOc1ccc(C)cc1C)S(C)(=O)=O. The van der Waals surface area contributed by atoms with E-state index in [-0.39, 0.29) is 18.9 Å². The zero-order valence-corrected chi connectivity index (χ0v) is 19.8. The van der Waals surface area contributed by atoms with Crippen LogP contribution < -0.4 is 19.1 Å². The van der Waals surface area contributed by atoms with Gasteiger partial charge in [0.05, 0.1) is 25.6 Å². The van der Waals surface area contributed by atoms with E-state index in [2.05, 4.69) is 5.32 Å². The van der Waals surface area contributed by atoms with Gasteiger partial charge >= 0.3 is 0 Å². The molecule has 2 aromatic rings. The first kappa shape index (κ1) is 24.8. The lowest BCUT2D eigenvalue weighted by molar-refractivity contribution is -0.121. The molecular weight excluding hydrogens is 440 g/mol. The minimum absolute atomic E-state index is 0.127. The van der Waals surface area contributed by atoms with Gasteiger partial charge in [-0.05, 0) is 50.1 Å². The highest BCUT2D eigenvalue weighted by atomic mass is 35.5. The number of hydrogen-bond donors (Lipinski definition) is 1. The van der Waals surface area contributed by atoms with Gasteiger partial charge in [0, 0.05) is 18.0 Å². The Kier molecular flexibility index (Phi) is 9.00. The van der Waals surface area contributed by atoms with Crippen LogP contribution in [0.5, 0.6) is 11.5 Å².